The van der Waals surface area contributed by atoms with E-state index in [-0.39, 0.29) is 5.11 Å². The van der Waals surface area contributed by atoms with E-state index in [1.54, 1.807) is 12.1 Å². The molecule has 2 amide bonds. The summed E-state index contributed by atoms with van der Waals surface area (Å²) in [6, 6.07) is 6.18. The Morgan fingerprint density at radius 1 is 1.12 bits per heavy atom. The van der Waals surface area contributed by atoms with Gasteiger partial charge in [0.05, 0.1) is 0 Å². The van der Waals surface area contributed by atoms with Crippen LogP contribution in [0, 0.1) is 0 Å². The molecule has 1 heterocycles. The van der Waals surface area contributed by atoms with Crippen molar-refractivity contribution < 1.29 is 9.59 Å². The Bertz CT molecular complexity index is 469. The van der Waals surface area contributed by atoms with E-state index in [1.165, 1.54) is 0 Å². The number of rotatable bonds is 2. The minimum absolute atomic E-state index is 0.0360. The van der Waals surface area contributed by atoms with Gasteiger partial charge in [0.2, 0.25) is 0 Å². The predicted molar refractivity (Wildman–Crippen MR) is 70.4 cm³/mol. The summed E-state index contributed by atoms with van der Waals surface area (Å²) in [6.07, 6.45) is 0. The van der Waals surface area contributed by atoms with Gasteiger partial charge in [-0.15, -0.1) is 0 Å². The zero-order valence-electron chi connectivity index (χ0n) is 8.49. The van der Waals surface area contributed by atoms with Crippen molar-refractivity contribution >= 4 is 50.8 Å². The second-order valence-electron chi connectivity index (χ2n) is 3.39. The third kappa shape index (κ3) is 2.80. The number of carbonyl (C=O) groups is 2. The van der Waals surface area contributed by atoms with Gasteiger partial charge in [-0.1, -0.05) is 15.9 Å². The lowest BCUT2D eigenvalue weighted by Crippen LogP contribution is -2.61. The third-order valence-corrected chi connectivity index (χ3v) is 2.89. The Balaban J connectivity index is 2.12. The number of halogens is 1. The van der Waals surface area contributed by atoms with E-state index in [0.29, 0.717) is 5.69 Å². The molecule has 1 fully saturated rings. The van der Waals surface area contributed by atoms with Crippen molar-refractivity contribution in [2.24, 2.45) is 0 Å². The fourth-order valence-corrected chi connectivity index (χ4v) is 1.83. The van der Waals surface area contributed by atoms with E-state index in [1.807, 2.05) is 12.1 Å². The summed E-state index contributed by atoms with van der Waals surface area (Å²) < 4.78 is 0.918. The number of thiocarbonyl (C=S) groups is 1. The van der Waals surface area contributed by atoms with Gasteiger partial charge in [0.25, 0.3) is 11.8 Å². The highest BCUT2D eigenvalue weighted by molar-refractivity contribution is 9.10. The lowest BCUT2D eigenvalue weighted by Gasteiger charge is -2.23. The summed E-state index contributed by atoms with van der Waals surface area (Å²) in [7, 11) is 0. The largest absolute Gasteiger partial charge is 0.366 e. The summed E-state index contributed by atoms with van der Waals surface area (Å²) in [6.45, 7) is 0. The van der Waals surface area contributed by atoms with Gasteiger partial charge < -0.3 is 16.0 Å². The predicted octanol–water partition coefficient (Wildman–Crippen LogP) is 0.760. The molecular formula is C10H8BrN3O2S. The van der Waals surface area contributed by atoms with Crippen molar-refractivity contribution in [2.45, 2.75) is 6.04 Å². The van der Waals surface area contributed by atoms with Crippen LogP contribution in [0.2, 0.25) is 0 Å². The fourth-order valence-electron chi connectivity index (χ4n) is 1.36. The second kappa shape index (κ2) is 4.80. The maximum Gasteiger partial charge on any atom is 0.258 e. The Morgan fingerprint density at radius 2 is 1.65 bits per heavy atom. The fraction of sp³-hybridized carbons (Fsp3) is 0.100. The normalized spacial score (nSPS) is 16.4. The third-order valence-electron chi connectivity index (χ3n) is 2.15. The van der Waals surface area contributed by atoms with Crippen LogP contribution in [-0.2, 0) is 9.59 Å². The monoisotopic (exact) mass is 313 g/mol. The van der Waals surface area contributed by atoms with Crippen LogP contribution in [-0.4, -0.2) is 23.0 Å². The van der Waals surface area contributed by atoms with Gasteiger partial charge >= 0.3 is 0 Å². The van der Waals surface area contributed by atoms with E-state index in [2.05, 4.69) is 31.9 Å². The smallest absolute Gasteiger partial charge is 0.258 e. The average Bonchev–Trinajstić information content (AvgIpc) is 2.26. The van der Waals surface area contributed by atoms with E-state index >= 15 is 0 Å². The number of hydrogen-bond acceptors (Lipinski definition) is 4. The Kier molecular flexibility index (Phi) is 3.39. The number of anilines is 1. The van der Waals surface area contributed by atoms with E-state index in [0.717, 1.165) is 4.47 Å². The Morgan fingerprint density at radius 3 is 2.18 bits per heavy atom. The molecule has 0 bridgehead atoms. The summed E-state index contributed by atoms with van der Waals surface area (Å²) in [4.78, 5) is 23.1. The molecule has 1 aliphatic heterocycles. The molecule has 7 heteroatoms. The van der Waals surface area contributed by atoms with Crippen LogP contribution in [0.25, 0.3) is 0 Å². The molecule has 3 N–H and O–H groups in total. The lowest BCUT2D eigenvalue weighted by molar-refractivity contribution is -0.130. The van der Waals surface area contributed by atoms with Crippen LogP contribution in [0.3, 0.4) is 0 Å². The highest BCUT2D eigenvalue weighted by atomic mass is 79.9. The van der Waals surface area contributed by atoms with E-state index < -0.39 is 17.9 Å². The Labute approximate surface area is 111 Å². The van der Waals surface area contributed by atoms with Gasteiger partial charge in [-0.3, -0.25) is 9.59 Å². The summed E-state index contributed by atoms with van der Waals surface area (Å²) in [5.74, 6) is -0.914. The molecule has 0 saturated carbocycles. The molecule has 0 spiro atoms. The first kappa shape index (κ1) is 12.0. The number of benzene rings is 1. The second-order valence-corrected chi connectivity index (χ2v) is 4.72. The Hall–Kier alpha value is -1.47. The maximum absolute atomic E-state index is 11.6. The molecule has 2 rings (SSSR count). The molecule has 88 valence electrons. The molecule has 1 aromatic carbocycles. The highest BCUT2D eigenvalue weighted by Gasteiger charge is 2.32. The SMILES string of the molecule is O=C1NC(=S)NC(=O)C1Nc1ccc(Br)cc1. The molecule has 5 nitrogen and oxygen atoms in total. The number of hydrogen-bond donors (Lipinski definition) is 3. The van der Waals surface area contributed by atoms with E-state index in [9.17, 15) is 9.59 Å². The summed E-state index contributed by atoms with van der Waals surface area (Å²) in [5.41, 5.74) is 0.677. The molecular weight excluding hydrogens is 306 g/mol. The van der Waals surface area contributed by atoms with Crippen LogP contribution in [0.5, 0.6) is 0 Å². The van der Waals surface area contributed by atoms with Crippen molar-refractivity contribution in [1.82, 2.24) is 10.6 Å². The first-order valence-corrected chi connectivity index (χ1v) is 5.94. The first-order chi connectivity index (χ1) is 8.06. The lowest BCUT2D eigenvalue weighted by atomic mass is 10.2. The number of carbonyl (C=O) groups excluding carboxylic acids is 2. The standard InChI is InChI=1S/C10H8BrN3O2S/c11-5-1-3-6(4-2-5)12-7-8(15)13-10(17)14-9(7)16/h1-4,7,12H,(H2,13,14,15,16,17). The molecule has 1 aromatic rings. The zero-order chi connectivity index (χ0) is 12.4. The molecule has 1 saturated heterocycles. The molecule has 0 unspecified atom stereocenters. The van der Waals surface area contributed by atoms with Gasteiger partial charge in [-0.2, -0.15) is 0 Å². The van der Waals surface area contributed by atoms with E-state index in [4.69, 9.17) is 12.2 Å². The average molecular weight is 314 g/mol. The van der Waals surface area contributed by atoms with Crippen molar-refractivity contribution in [2.75, 3.05) is 5.32 Å². The van der Waals surface area contributed by atoms with Crippen LogP contribution >= 0.6 is 28.1 Å². The minimum atomic E-state index is -0.970. The topological polar surface area (TPSA) is 70.2 Å². The highest BCUT2D eigenvalue weighted by Crippen LogP contribution is 2.15. The zero-order valence-corrected chi connectivity index (χ0v) is 10.9. The van der Waals surface area contributed by atoms with Gasteiger partial charge in [0, 0.05) is 10.2 Å². The number of amides is 2. The molecule has 1 aliphatic rings. The van der Waals surface area contributed by atoms with Gasteiger partial charge in [0.1, 0.15) is 0 Å². The number of nitrogens with one attached hydrogen (secondary N) is 3. The quantitative estimate of drug-likeness (QED) is 0.557. The van der Waals surface area contributed by atoms with Crippen molar-refractivity contribution in [3.05, 3.63) is 28.7 Å². The minimum Gasteiger partial charge on any atom is -0.366 e. The van der Waals surface area contributed by atoms with Gasteiger partial charge in [0.15, 0.2) is 11.2 Å². The summed E-state index contributed by atoms with van der Waals surface area (Å²) in [5, 5.41) is 7.62. The molecule has 0 aliphatic carbocycles. The van der Waals surface area contributed by atoms with Crippen molar-refractivity contribution in [3.8, 4) is 0 Å². The van der Waals surface area contributed by atoms with Gasteiger partial charge in [-0.05, 0) is 36.5 Å². The summed E-state index contributed by atoms with van der Waals surface area (Å²) >= 11 is 8.00. The van der Waals surface area contributed by atoms with Crippen molar-refractivity contribution in [1.29, 1.82) is 0 Å². The maximum atomic E-state index is 11.6. The van der Waals surface area contributed by atoms with Crippen LogP contribution in [0.15, 0.2) is 28.7 Å². The van der Waals surface area contributed by atoms with Crippen LogP contribution < -0.4 is 16.0 Å². The van der Waals surface area contributed by atoms with Crippen LogP contribution in [0.4, 0.5) is 5.69 Å². The molecule has 0 atom stereocenters. The molecule has 17 heavy (non-hydrogen) atoms. The molecule has 0 radical (unpaired) electrons. The van der Waals surface area contributed by atoms with Crippen molar-refractivity contribution in [3.63, 3.8) is 0 Å². The van der Waals surface area contributed by atoms with Gasteiger partial charge in [-0.25, -0.2) is 0 Å². The molecule has 0 aromatic heterocycles. The first-order valence-electron chi connectivity index (χ1n) is 4.74. The van der Waals surface area contributed by atoms with Crippen LogP contribution in [0.1, 0.15) is 0 Å².